The van der Waals surface area contributed by atoms with E-state index in [4.69, 9.17) is 9.84 Å². The third-order valence-electron chi connectivity index (χ3n) is 2.59. The second-order valence-corrected chi connectivity index (χ2v) is 3.76. The van der Waals surface area contributed by atoms with E-state index in [1.165, 1.54) is 6.08 Å². The quantitative estimate of drug-likeness (QED) is 0.695. The molecule has 1 heterocycles. The van der Waals surface area contributed by atoms with Gasteiger partial charge in [-0.3, -0.25) is 9.59 Å². The van der Waals surface area contributed by atoms with E-state index in [0.717, 1.165) is 0 Å². The van der Waals surface area contributed by atoms with E-state index in [1.807, 2.05) is 0 Å². The summed E-state index contributed by atoms with van der Waals surface area (Å²) in [5, 5.41) is 8.91. The van der Waals surface area contributed by atoms with Crippen LogP contribution in [0.15, 0.2) is 12.7 Å². The van der Waals surface area contributed by atoms with Gasteiger partial charge < -0.3 is 14.7 Å². The van der Waals surface area contributed by atoms with Crippen molar-refractivity contribution in [1.82, 2.24) is 4.90 Å². The van der Waals surface area contributed by atoms with Crippen molar-refractivity contribution in [2.45, 2.75) is 12.8 Å². The summed E-state index contributed by atoms with van der Waals surface area (Å²) in [6, 6.07) is 0. The Hall–Kier alpha value is -1.36. The average molecular weight is 227 g/mol. The second-order valence-electron chi connectivity index (χ2n) is 3.76. The number of carboxylic acids is 1. The van der Waals surface area contributed by atoms with E-state index in [1.54, 1.807) is 4.90 Å². The molecule has 1 aliphatic rings. The molecule has 90 valence electrons. The monoisotopic (exact) mass is 227 g/mol. The lowest BCUT2D eigenvalue weighted by Gasteiger charge is -2.27. The number of carbonyl (C=O) groups is 2. The van der Waals surface area contributed by atoms with Gasteiger partial charge in [-0.25, -0.2) is 0 Å². The number of rotatable bonds is 5. The predicted octanol–water partition coefficient (Wildman–Crippen LogP) is 0.512. The van der Waals surface area contributed by atoms with Gasteiger partial charge in [-0.2, -0.15) is 0 Å². The van der Waals surface area contributed by atoms with Crippen LogP contribution in [0.4, 0.5) is 0 Å². The summed E-state index contributed by atoms with van der Waals surface area (Å²) >= 11 is 0. The zero-order chi connectivity index (χ0) is 12.0. The molecule has 1 aliphatic heterocycles. The molecule has 0 aromatic carbocycles. The zero-order valence-corrected chi connectivity index (χ0v) is 9.22. The van der Waals surface area contributed by atoms with Gasteiger partial charge in [0.05, 0.1) is 19.1 Å². The fourth-order valence-electron chi connectivity index (χ4n) is 1.63. The number of hydrogen-bond donors (Lipinski definition) is 1. The summed E-state index contributed by atoms with van der Waals surface area (Å²) in [5.74, 6) is -1.72. The highest BCUT2D eigenvalue weighted by atomic mass is 16.5. The summed E-state index contributed by atoms with van der Waals surface area (Å²) in [4.78, 5) is 24.3. The van der Waals surface area contributed by atoms with Crippen LogP contribution in [0.5, 0.6) is 0 Å². The molecule has 0 bridgehead atoms. The predicted molar refractivity (Wildman–Crippen MR) is 58.0 cm³/mol. The SMILES string of the molecule is C=CCC(CC(=O)N1CCOCC1)C(=O)O. The Morgan fingerprint density at radius 2 is 2.06 bits per heavy atom. The number of hydrogen-bond acceptors (Lipinski definition) is 3. The minimum atomic E-state index is -0.943. The first-order chi connectivity index (χ1) is 7.65. The van der Waals surface area contributed by atoms with Crippen LogP contribution in [-0.2, 0) is 14.3 Å². The number of allylic oxidation sites excluding steroid dienone is 1. The van der Waals surface area contributed by atoms with Crippen molar-refractivity contribution >= 4 is 11.9 Å². The molecule has 1 rings (SSSR count). The van der Waals surface area contributed by atoms with Crippen LogP contribution >= 0.6 is 0 Å². The summed E-state index contributed by atoms with van der Waals surface area (Å²) in [7, 11) is 0. The van der Waals surface area contributed by atoms with Crippen molar-refractivity contribution in [3.63, 3.8) is 0 Å². The van der Waals surface area contributed by atoms with E-state index < -0.39 is 11.9 Å². The number of nitrogens with zero attached hydrogens (tertiary/aromatic N) is 1. The van der Waals surface area contributed by atoms with Crippen molar-refractivity contribution in [2.24, 2.45) is 5.92 Å². The number of carbonyl (C=O) groups excluding carboxylic acids is 1. The molecule has 1 N–H and O–H groups in total. The average Bonchev–Trinajstić information content (AvgIpc) is 2.29. The Labute approximate surface area is 94.7 Å². The summed E-state index contributed by atoms with van der Waals surface area (Å²) in [6.07, 6.45) is 1.90. The Bertz CT molecular complexity index is 271. The van der Waals surface area contributed by atoms with Gasteiger partial charge in [-0.15, -0.1) is 6.58 Å². The molecule has 1 unspecified atom stereocenters. The summed E-state index contributed by atoms with van der Waals surface area (Å²) in [5.41, 5.74) is 0. The third kappa shape index (κ3) is 3.66. The molecule has 0 aliphatic carbocycles. The molecule has 1 fully saturated rings. The Kier molecular flexibility index (Phi) is 4.98. The van der Waals surface area contributed by atoms with Crippen molar-refractivity contribution < 1.29 is 19.4 Å². The number of carboxylic acid groups (broad SMARTS) is 1. The van der Waals surface area contributed by atoms with Crippen LogP contribution in [0.25, 0.3) is 0 Å². The molecular weight excluding hydrogens is 210 g/mol. The van der Waals surface area contributed by atoms with Gasteiger partial charge in [-0.05, 0) is 6.42 Å². The van der Waals surface area contributed by atoms with Gasteiger partial charge in [0.15, 0.2) is 0 Å². The molecule has 0 aromatic rings. The van der Waals surface area contributed by atoms with Gasteiger partial charge in [-0.1, -0.05) is 6.08 Å². The van der Waals surface area contributed by atoms with Crippen LogP contribution in [-0.4, -0.2) is 48.2 Å². The highest BCUT2D eigenvalue weighted by molar-refractivity contribution is 5.82. The second kappa shape index (κ2) is 6.27. The van der Waals surface area contributed by atoms with Crippen LogP contribution in [0.1, 0.15) is 12.8 Å². The molecule has 5 heteroatoms. The molecular formula is C11H17NO4. The van der Waals surface area contributed by atoms with Crippen LogP contribution in [0, 0.1) is 5.92 Å². The lowest BCUT2D eigenvalue weighted by atomic mass is 10.0. The first-order valence-electron chi connectivity index (χ1n) is 5.34. The number of ether oxygens (including phenoxy) is 1. The molecule has 0 spiro atoms. The lowest BCUT2D eigenvalue weighted by Crippen LogP contribution is -2.41. The third-order valence-corrected chi connectivity index (χ3v) is 2.59. The molecule has 1 atom stereocenters. The van der Waals surface area contributed by atoms with E-state index in [0.29, 0.717) is 32.7 Å². The maximum Gasteiger partial charge on any atom is 0.307 e. The molecule has 5 nitrogen and oxygen atoms in total. The lowest BCUT2D eigenvalue weighted by molar-refractivity contribution is -0.147. The van der Waals surface area contributed by atoms with E-state index in [2.05, 4.69) is 6.58 Å². The highest BCUT2D eigenvalue weighted by Gasteiger charge is 2.24. The molecule has 1 saturated heterocycles. The van der Waals surface area contributed by atoms with E-state index in [9.17, 15) is 9.59 Å². The fourth-order valence-corrected chi connectivity index (χ4v) is 1.63. The number of aliphatic carboxylic acids is 1. The highest BCUT2D eigenvalue weighted by Crippen LogP contribution is 2.12. The standard InChI is InChI=1S/C11H17NO4/c1-2-3-9(11(14)15)8-10(13)12-4-6-16-7-5-12/h2,9H,1,3-8H2,(H,14,15). The van der Waals surface area contributed by atoms with Crippen LogP contribution in [0.3, 0.4) is 0 Å². The van der Waals surface area contributed by atoms with Crippen LogP contribution in [0.2, 0.25) is 0 Å². The van der Waals surface area contributed by atoms with E-state index >= 15 is 0 Å². The van der Waals surface area contributed by atoms with Gasteiger partial charge in [0.1, 0.15) is 0 Å². The van der Waals surface area contributed by atoms with Gasteiger partial charge in [0.2, 0.25) is 5.91 Å². The van der Waals surface area contributed by atoms with Crippen molar-refractivity contribution in [3.05, 3.63) is 12.7 Å². The largest absolute Gasteiger partial charge is 0.481 e. The zero-order valence-electron chi connectivity index (χ0n) is 9.22. The molecule has 0 saturated carbocycles. The number of morpholine rings is 1. The summed E-state index contributed by atoms with van der Waals surface area (Å²) < 4.78 is 5.12. The molecule has 0 radical (unpaired) electrons. The Morgan fingerprint density at radius 1 is 1.44 bits per heavy atom. The maximum absolute atomic E-state index is 11.8. The van der Waals surface area contributed by atoms with E-state index in [-0.39, 0.29) is 12.3 Å². The first kappa shape index (κ1) is 12.7. The topological polar surface area (TPSA) is 66.8 Å². The van der Waals surface area contributed by atoms with Gasteiger partial charge >= 0.3 is 5.97 Å². The van der Waals surface area contributed by atoms with Crippen LogP contribution < -0.4 is 0 Å². The fraction of sp³-hybridized carbons (Fsp3) is 0.636. The molecule has 0 aromatic heterocycles. The van der Waals surface area contributed by atoms with Crippen molar-refractivity contribution in [2.75, 3.05) is 26.3 Å². The first-order valence-corrected chi connectivity index (χ1v) is 5.34. The Balaban J connectivity index is 2.46. The minimum absolute atomic E-state index is 0.0430. The minimum Gasteiger partial charge on any atom is -0.481 e. The normalized spacial score (nSPS) is 17.9. The maximum atomic E-state index is 11.8. The van der Waals surface area contributed by atoms with Crippen molar-refractivity contribution in [3.8, 4) is 0 Å². The smallest absolute Gasteiger partial charge is 0.307 e. The molecule has 1 amide bonds. The molecule has 16 heavy (non-hydrogen) atoms. The summed E-state index contributed by atoms with van der Waals surface area (Å²) in [6.45, 7) is 5.67. The van der Waals surface area contributed by atoms with Gasteiger partial charge in [0.25, 0.3) is 0 Å². The number of amides is 1. The van der Waals surface area contributed by atoms with Crippen molar-refractivity contribution in [1.29, 1.82) is 0 Å². The Morgan fingerprint density at radius 3 is 2.56 bits per heavy atom. The van der Waals surface area contributed by atoms with Gasteiger partial charge in [0, 0.05) is 19.5 Å².